The number of ketones is 1. The van der Waals surface area contributed by atoms with Crippen molar-refractivity contribution in [3.63, 3.8) is 0 Å². The van der Waals surface area contributed by atoms with Gasteiger partial charge in [-0.25, -0.2) is 13.6 Å². The lowest BCUT2D eigenvalue weighted by Gasteiger charge is -2.02. The molecule has 0 aromatic heterocycles. The van der Waals surface area contributed by atoms with Gasteiger partial charge in [-0.2, -0.15) is 0 Å². The van der Waals surface area contributed by atoms with Crippen molar-refractivity contribution in [1.29, 1.82) is 0 Å². The summed E-state index contributed by atoms with van der Waals surface area (Å²) in [7, 11) is 0. The average Bonchev–Trinajstić information content (AvgIpc) is 2.10. The van der Waals surface area contributed by atoms with Gasteiger partial charge >= 0.3 is 5.97 Å². The van der Waals surface area contributed by atoms with Gasteiger partial charge in [0.2, 0.25) is 0 Å². The van der Waals surface area contributed by atoms with Crippen molar-refractivity contribution in [3.05, 3.63) is 34.9 Å². The fourth-order valence-corrected chi connectivity index (χ4v) is 1.01. The molecular formula is C9H6F2O3. The number of carboxylic acids is 1. The van der Waals surface area contributed by atoms with Crippen molar-refractivity contribution in [3.8, 4) is 0 Å². The molecule has 0 aliphatic heterocycles. The molecule has 1 aromatic carbocycles. The Balaban J connectivity index is 3.29. The maximum Gasteiger partial charge on any atom is 0.377 e. The van der Waals surface area contributed by atoms with Crippen LogP contribution in [0, 0.1) is 18.6 Å². The van der Waals surface area contributed by atoms with Crippen LogP contribution in [0.3, 0.4) is 0 Å². The second-order valence-electron chi connectivity index (χ2n) is 2.72. The minimum Gasteiger partial charge on any atom is -0.475 e. The zero-order chi connectivity index (χ0) is 10.9. The van der Waals surface area contributed by atoms with Gasteiger partial charge in [0.05, 0.1) is 0 Å². The van der Waals surface area contributed by atoms with E-state index in [2.05, 4.69) is 0 Å². The first-order chi connectivity index (χ1) is 6.43. The first-order valence-electron chi connectivity index (χ1n) is 3.66. The Morgan fingerprint density at radius 3 is 2.21 bits per heavy atom. The van der Waals surface area contributed by atoms with E-state index in [-0.39, 0.29) is 11.1 Å². The molecule has 74 valence electrons. The van der Waals surface area contributed by atoms with Gasteiger partial charge in [0.15, 0.2) is 11.6 Å². The van der Waals surface area contributed by atoms with E-state index in [0.717, 1.165) is 6.07 Å². The van der Waals surface area contributed by atoms with Gasteiger partial charge in [0.1, 0.15) is 0 Å². The average molecular weight is 200 g/mol. The molecule has 1 rings (SSSR count). The van der Waals surface area contributed by atoms with Crippen molar-refractivity contribution in [1.82, 2.24) is 0 Å². The van der Waals surface area contributed by atoms with E-state index < -0.39 is 23.4 Å². The van der Waals surface area contributed by atoms with Gasteiger partial charge in [-0.1, -0.05) is 0 Å². The summed E-state index contributed by atoms with van der Waals surface area (Å²) in [5, 5.41) is 8.35. The van der Waals surface area contributed by atoms with Crippen LogP contribution in [-0.4, -0.2) is 16.9 Å². The van der Waals surface area contributed by atoms with Crippen LogP contribution in [0.5, 0.6) is 0 Å². The molecule has 0 aliphatic carbocycles. The Bertz CT molecular complexity index is 413. The van der Waals surface area contributed by atoms with Crippen LogP contribution >= 0.6 is 0 Å². The molecule has 0 atom stereocenters. The number of hydrogen-bond acceptors (Lipinski definition) is 2. The van der Waals surface area contributed by atoms with E-state index in [1.807, 2.05) is 0 Å². The lowest BCUT2D eigenvalue weighted by Crippen LogP contribution is -2.14. The number of halogens is 2. The summed E-state index contributed by atoms with van der Waals surface area (Å²) in [6.07, 6.45) is 0. The highest BCUT2D eigenvalue weighted by Gasteiger charge is 2.19. The molecule has 5 heteroatoms. The number of rotatable bonds is 2. The highest BCUT2D eigenvalue weighted by molar-refractivity contribution is 6.40. The van der Waals surface area contributed by atoms with Crippen molar-refractivity contribution in [2.75, 3.05) is 0 Å². The number of benzene rings is 1. The predicted octanol–water partition coefficient (Wildman–Crippen LogP) is 1.54. The van der Waals surface area contributed by atoms with Gasteiger partial charge in [-0.3, -0.25) is 4.79 Å². The Morgan fingerprint density at radius 1 is 1.21 bits per heavy atom. The minimum atomic E-state index is -1.70. The normalized spacial score (nSPS) is 9.93. The van der Waals surface area contributed by atoms with Crippen LogP contribution in [-0.2, 0) is 4.79 Å². The molecule has 0 aliphatic rings. The zero-order valence-electron chi connectivity index (χ0n) is 7.17. The smallest absolute Gasteiger partial charge is 0.377 e. The molecule has 0 heterocycles. The summed E-state index contributed by atoms with van der Waals surface area (Å²) in [6.45, 7) is 1.33. The van der Waals surface area contributed by atoms with Gasteiger partial charge in [0, 0.05) is 5.56 Å². The maximum atomic E-state index is 12.7. The molecule has 0 radical (unpaired) electrons. The van der Waals surface area contributed by atoms with E-state index in [4.69, 9.17) is 5.11 Å². The highest BCUT2D eigenvalue weighted by Crippen LogP contribution is 2.14. The van der Waals surface area contributed by atoms with Crippen LogP contribution in [0.2, 0.25) is 0 Å². The summed E-state index contributed by atoms with van der Waals surface area (Å²) < 4.78 is 25.3. The van der Waals surface area contributed by atoms with E-state index in [1.54, 1.807) is 0 Å². The monoisotopic (exact) mass is 200 g/mol. The third-order valence-electron chi connectivity index (χ3n) is 1.71. The van der Waals surface area contributed by atoms with Gasteiger partial charge in [-0.05, 0) is 24.6 Å². The SMILES string of the molecule is Cc1cc(F)c(F)cc1C(=O)C(=O)O. The van der Waals surface area contributed by atoms with Gasteiger partial charge in [0.25, 0.3) is 5.78 Å². The lowest BCUT2D eigenvalue weighted by atomic mass is 10.0. The topological polar surface area (TPSA) is 54.4 Å². The molecule has 0 saturated heterocycles. The van der Waals surface area contributed by atoms with Crippen LogP contribution in [0.25, 0.3) is 0 Å². The maximum absolute atomic E-state index is 12.7. The van der Waals surface area contributed by atoms with Gasteiger partial charge in [-0.15, -0.1) is 0 Å². The van der Waals surface area contributed by atoms with Crippen molar-refractivity contribution < 1.29 is 23.5 Å². The number of carbonyl (C=O) groups is 2. The van der Waals surface area contributed by atoms with Gasteiger partial charge < -0.3 is 5.11 Å². The third kappa shape index (κ3) is 1.76. The van der Waals surface area contributed by atoms with E-state index in [9.17, 15) is 18.4 Å². The van der Waals surface area contributed by atoms with Crippen LogP contribution in [0.15, 0.2) is 12.1 Å². The largest absolute Gasteiger partial charge is 0.475 e. The summed E-state index contributed by atoms with van der Waals surface area (Å²) in [4.78, 5) is 21.2. The summed E-state index contributed by atoms with van der Waals surface area (Å²) in [5.41, 5.74) is -0.243. The lowest BCUT2D eigenvalue weighted by molar-refractivity contribution is -0.131. The Labute approximate surface area is 78.0 Å². The number of carboxylic acid groups (broad SMARTS) is 1. The van der Waals surface area contributed by atoms with E-state index in [1.165, 1.54) is 6.92 Å². The second-order valence-corrected chi connectivity index (χ2v) is 2.72. The number of hydrogen-bond donors (Lipinski definition) is 1. The standard InChI is InChI=1S/C9H6F2O3/c1-4-2-6(10)7(11)3-5(4)8(12)9(13)14/h2-3H,1H3,(H,13,14). The molecule has 0 unspecified atom stereocenters. The Hall–Kier alpha value is -1.78. The van der Waals surface area contributed by atoms with Crippen LogP contribution in [0.4, 0.5) is 8.78 Å². The molecule has 1 N–H and O–H groups in total. The molecule has 0 spiro atoms. The zero-order valence-corrected chi connectivity index (χ0v) is 7.17. The molecule has 0 bridgehead atoms. The number of carbonyl (C=O) groups excluding carboxylic acids is 1. The highest BCUT2D eigenvalue weighted by atomic mass is 19.2. The second kappa shape index (κ2) is 3.53. The van der Waals surface area contributed by atoms with Crippen LogP contribution < -0.4 is 0 Å². The first kappa shape index (κ1) is 10.3. The predicted molar refractivity (Wildman–Crippen MR) is 43.1 cm³/mol. The number of aliphatic carboxylic acids is 1. The number of aryl methyl sites for hydroxylation is 1. The fraction of sp³-hybridized carbons (Fsp3) is 0.111. The van der Waals surface area contributed by atoms with Crippen molar-refractivity contribution in [2.45, 2.75) is 6.92 Å². The van der Waals surface area contributed by atoms with E-state index in [0.29, 0.717) is 6.07 Å². The van der Waals surface area contributed by atoms with Crippen molar-refractivity contribution >= 4 is 11.8 Å². The molecule has 3 nitrogen and oxygen atoms in total. The third-order valence-corrected chi connectivity index (χ3v) is 1.71. The molecular weight excluding hydrogens is 194 g/mol. The molecule has 1 aromatic rings. The first-order valence-corrected chi connectivity index (χ1v) is 3.66. The summed E-state index contributed by atoms with van der Waals surface area (Å²) >= 11 is 0. The summed E-state index contributed by atoms with van der Waals surface area (Å²) in [5.74, 6) is -5.29. The Kier molecular flexibility index (Phi) is 2.60. The summed E-state index contributed by atoms with van der Waals surface area (Å²) in [6, 6.07) is 1.37. The quantitative estimate of drug-likeness (QED) is 0.582. The Morgan fingerprint density at radius 2 is 1.71 bits per heavy atom. The molecule has 0 saturated carbocycles. The number of Topliss-reactive ketones (excluding diaryl/α,β-unsaturated/α-hetero) is 1. The fourth-order valence-electron chi connectivity index (χ4n) is 1.01. The molecule has 0 amide bonds. The van der Waals surface area contributed by atoms with Crippen LogP contribution in [0.1, 0.15) is 15.9 Å². The molecule has 14 heavy (non-hydrogen) atoms. The van der Waals surface area contributed by atoms with E-state index >= 15 is 0 Å². The molecule has 0 fully saturated rings. The minimum absolute atomic E-state index is 0.0938. The van der Waals surface area contributed by atoms with Crippen molar-refractivity contribution in [2.24, 2.45) is 0 Å².